The first-order chi connectivity index (χ1) is 17.5. The minimum Gasteiger partial charge on any atom is -0.351 e. The molecule has 188 valence electrons. The highest BCUT2D eigenvalue weighted by molar-refractivity contribution is 6.33. The summed E-state index contributed by atoms with van der Waals surface area (Å²) in [7, 11) is 0. The Labute approximate surface area is 217 Å². The van der Waals surface area contributed by atoms with Gasteiger partial charge in [-0.15, -0.1) is 0 Å². The van der Waals surface area contributed by atoms with Gasteiger partial charge in [0.1, 0.15) is 5.65 Å². The standard InChI is InChI=1S/C30H35ClN4O/c1-18-24-17-32-29(33-22-7-3-2-4-8-22)34-27(24)35(28(36)26(18)23-9-5-6-10-25(23)31)30-14-19-11-20(15-30)13-21(12-19)16-30/h5-6,9-10,17,19-22H,2-4,7-8,11-16H2,1H3,(H,32,33,34). The normalized spacial score (nSPS) is 29.7. The molecule has 3 aromatic rings. The van der Waals surface area contributed by atoms with E-state index < -0.39 is 0 Å². The maximum atomic E-state index is 14.6. The molecule has 5 fully saturated rings. The van der Waals surface area contributed by atoms with Crippen LogP contribution >= 0.6 is 11.6 Å². The summed E-state index contributed by atoms with van der Waals surface area (Å²) in [5.74, 6) is 2.84. The zero-order valence-corrected chi connectivity index (χ0v) is 21.9. The molecule has 5 aliphatic rings. The van der Waals surface area contributed by atoms with E-state index in [1.165, 1.54) is 38.5 Å². The van der Waals surface area contributed by atoms with Gasteiger partial charge in [0.05, 0.1) is 11.1 Å². The average Bonchev–Trinajstić information content (AvgIpc) is 2.85. The highest BCUT2D eigenvalue weighted by Crippen LogP contribution is 2.59. The predicted molar refractivity (Wildman–Crippen MR) is 146 cm³/mol. The number of benzene rings is 1. The molecule has 6 heteroatoms. The van der Waals surface area contributed by atoms with E-state index in [2.05, 4.69) is 9.88 Å². The average molecular weight is 503 g/mol. The molecule has 0 aliphatic heterocycles. The Morgan fingerprint density at radius 1 is 1.00 bits per heavy atom. The number of nitrogens with zero attached hydrogens (tertiary/aromatic N) is 3. The van der Waals surface area contributed by atoms with Crippen LogP contribution < -0.4 is 10.9 Å². The summed E-state index contributed by atoms with van der Waals surface area (Å²) >= 11 is 6.67. The molecule has 5 nitrogen and oxygen atoms in total. The van der Waals surface area contributed by atoms with Crippen LogP contribution in [0.25, 0.3) is 22.2 Å². The molecule has 1 aromatic carbocycles. The highest BCUT2D eigenvalue weighted by atomic mass is 35.5. The molecular formula is C30H35ClN4O. The van der Waals surface area contributed by atoms with Crippen LogP contribution in [0, 0.1) is 24.7 Å². The zero-order chi connectivity index (χ0) is 24.4. The summed E-state index contributed by atoms with van der Waals surface area (Å²) in [6.45, 7) is 2.03. The first-order valence-corrected chi connectivity index (χ1v) is 14.3. The second-order valence-electron chi connectivity index (χ2n) is 12.2. The maximum Gasteiger partial charge on any atom is 0.260 e. The van der Waals surface area contributed by atoms with E-state index in [9.17, 15) is 4.79 Å². The zero-order valence-electron chi connectivity index (χ0n) is 21.1. The number of aryl methyl sites for hydroxylation is 1. The number of pyridine rings is 1. The topological polar surface area (TPSA) is 59.8 Å². The van der Waals surface area contributed by atoms with Crippen LogP contribution in [-0.4, -0.2) is 20.6 Å². The third kappa shape index (κ3) is 3.60. The van der Waals surface area contributed by atoms with Crippen molar-refractivity contribution in [1.29, 1.82) is 0 Å². The molecule has 1 N–H and O–H groups in total. The van der Waals surface area contributed by atoms with Gasteiger partial charge in [0.25, 0.3) is 5.56 Å². The van der Waals surface area contributed by atoms with Crippen LogP contribution in [0.1, 0.15) is 76.2 Å². The summed E-state index contributed by atoms with van der Waals surface area (Å²) in [5, 5.41) is 5.19. The Morgan fingerprint density at radius 2 is 1.67 bits per heavy atom. The lowest BCUT2D eigenvalue weighted by Crippen LogP contribution is -2.55. The minimum atomic E-state index is -0.149. The van der Waals surface area contributed by atoms with Crippen LogP contribution in [0.5, 0.6) is 0 Å². The van der Waals surface area contributed by atoms with Crippen molar-refractivity contribution in [2.45, 2.75) is 89.1 Å². The Hall–Kier alpha value is -2.40. The van der Waals surface area contributed by atoms with Gasteiger partial charge in [-0.05, 0) is 87.7 Å². The molecule has 5 saturated carbocycles. The van der Waals surface area contributed by atoms with Crippen molar-refractivity contribution in [3.8, 4) is 11.1 Å². The molecular weight excluding hydrogens is 468 g/mol. The molecule has 2 aromatic heterocycles. The minimum absolute atomic E-state index is 0.0670. The molecule has 0 saturated heterocycles. The van der Waals surface area contributed by atoms with Crippen molar-refractivity contribution in [3.63, 3.8) is 0 Å². The summed E-state index contributed by atoms with van der Waals surface area (Å²) in [4.78, 5) is 24.5. The predicted octanol–water partition coefficient (Wildman–Crippen LogP) is 7.09. The molecule has 2 heterocycles. The first kappa shape index (κ1) is 22.8. The van der Waals surface area contributed by atoms with E-state index in [0.717, 1.165) is 72.0 Å². The Balaban J connectivity index is 1.46. The third-order valence-corrected chi connectivity index (χ3v) is 10.1. The summed E-state index contributed by atoms with van der Waals surface area (Å²) in [6, 6.07) is 8.16. The van der Waals surface area contributed by atoms with E-state index in [1.807, 2.05) is 37.4 Å². The van der Waals surface area contributed by atoms with E-state index in [0.29, 0.717) is 22.6 Å². The Kier molecular flexibility index (Phi) is 5.43. The van der Waals surface area contributed by atoms with Gasteiger partial charge < -0.3 is 5.32 Å². The van der Waals surface area contributed by atoms with E-state index in [4.69, 9.17) is 21.6 Å². The van der Waals surface area contributed by atoms with Gasteiger partial charge in [-0.25, -0.2) is 4.98 Å². The number of hydrogen-bond donors (Lipinski definition) is 1. The van der Waals surface area contributed by atoms with Gasteiger partial charge in [0.15, 0.2) is 0 Å². The molecule has 0 atom stereocenters. The quantitative estimate of drug-likeness (QED) is 0.413. The van der Waals surface area contributed by atoms with Crippen molar-refractivity contribution >= 4 is 28.6 Å². The van der Waals surface area contributed by atoms with Gasteiger partial charge >= 0.3 is 0 Å². The lowest BCUT2D eigenvalue weighted by Gasteiger charge is -2.57. The van der Waals surface area contributed by atoms with Crippen molar-refractivity contribution in [3.05, 3.63) is 51.4 Å². The highest BCUT2D eigenvalue weighted by Gasteiger charge is 2.53. The Bertz CT molecular complexity index is 1350. The fourth-order valence-corrected chi connectivity index (χ4v) is 8.80. The number of nitrogens with one attached hydrogen (secondary N) is 1. The molecule has 0 unspecified atom stereocenters. The fraction of sp³-hybridized carbons (Fsp3) is 0.567. The smallest absolute Gasteiger partial charge is 0.260 e. The largest absolute Gasteiger partial charge is 0.351 e. The molecule has 5 aliphatic carbocycles. The van der Waals surface area contributed by atoms with Gasteiger partial charge in [-0.3, -0.25) is 9.36 Å². The Morgan fingerprint density at radius 3 is 2.33 bits per heavy atom. The van der Waals surface area contributed by atoms with Gasteiger partial charge in [0.2, 0.25) is 5.95 Å². The van der Waals surface area contributed by atoms with Crippen LogP contribution in [-0.2, 0) is 5.54 Å². The number of aromatic nitrogens is 3. The van der Waals surface area contributed by atoms with Crippen molar-refractivity contribution in [2.75, 3.05) is 5.32 Å². The number of anilines is 1. The summed E-state index contributed by atoms with van der Waals surface area (Å²) < 4.78 is 2.13. The molecule has 0 amide bonds. The van der Waals surface area contributed by atoms with Crippen molar-refractivity contribution in [1.82, 2.24) is 14.5 Å². The SMILES string of the molecule is Cc1c(-c2ccccc2Cl)c(=O)n(C23CC4CC(CC(C4)C2)C3)c2nc(NC3CCCCC3)ncc12. The van der Waals surface area contributed by atoms with E-state index >= 15 is 0 Å². The van der Waals surface area contributed by atoms with Gasteiger partial charge in [0, 0.05) is 28.2 Å². The molecule has 0 spiro atoms. The van der Waals surface area contributed by atoms with Crippen LogP contribution in [0.2, 0.25) is 5.02 Å². The van der Waals surface area contributed by atoms with E-state index in [1.54, 1.807) is 0 Å². The van der Waals surface area contributed by atoms with Crippen LogP contribution in [0.4, 0.5) is 5.95 Å². The number of hydrogen-bond acceptors (Lipinski definition) is 4. The van der Waals surface area contributed by atoms with Crippen LogP contribution in [0.15, 0.2) is 35.3 Å². The van der Waals surface area contributed by atoms with Gasteiger partial charge in [-0.2, -0.15) is 4.98 Å². The third-order valence-electron chi connectivity index (χ3n) is 9.74. The summed E-state index contributed by atoms with van der Waals surface area (Å²) in [6.07, 6.45) is 15.4. The van der Waals surface area contributed by atoms with Crippen LogP contribution in [0.3, 0.4) is 0 Å². The second kappa shape index (κ2) is 8.58. The lowest BCUT2D eigenvalue weighted by molar-refractivity contribution is -0.0426. The molecule has 8 rings (SSSR count). The van der Waals surface area contributed by atoms with Crippen molar-refractivity contribution < 1.29 is 0 Å². The monoisotopic (exact) mass is 502 g/mol. The van der Waals surface area contributed by atoms with Gasteiger partial charge in [-0.1, -0.05) is 49.1 Å². The maximum absolute atomic E-state index is 14.6. The molecule has 0 radical (unpaired) electrons. The van der Waals surface area contributed by atoms with E-state index in [-0.39, 0.29) is 11.1 Å². The first-order valence-electron chi connectivity index (χ1n) is 13.9. The lowest BCUT2D eigenvalue weighted by atomic mass is 9.53. The number of rotatable bonds is 4. The second-order valence-corrected chi connectivity index (χ2v) is 12.6. The number of fused-ring (bicyclic) bond motifs is 1. The number of halogens is 1. The molecule has 36 heavy (non-hydrogen) atoms. The summed E-state index contributed by atoms with van der Waals surface area (Å²) in [5.41, 5.74) is 3.17. The molecule has 4 bridgehead atoms. The fourth-order valence-electron chi connectivity index (χ4n) is 8.57. The van der Waals surface area contributed by atoms with Crippen molar-refractivity contribution in [2.24, 2.45) is 17.8 Å².